The highest BCUT2D eigenvalue weighted by atomic mass is 16.5. The van der Waals surface area contributed by atoms with Crippen LogP contribution >= 0.6 is 0 Å². The van der Waals surface area contributed by atoms with E-state index in [4.69, 9.17) is 10.5 Å². The molecule has 0 unspecified atom stereocenters. The fraction of sp³-hybridized carbons (Fsp3) is 0.294. The van der Waals surface area contributed by atoms with Gasteiger partial charge in [-0.3, -0.25) is 0 Å². The molecule has 0 aliphatic rings. The summed E-state index contributed by atoms with van der Waals surface area (Å²) in [5, 5.41) is 0. The molecule has 2 N–H and O–H groups in total. The third kappa shape index (κ3) is 3.36. The predicted octanol–water partition coefficient (Wildman–Crippen LogP) is 3.90. The fourth-order valence-corrected chi connectivity index (χ4v) is 2.10. The smallest absolute Gasteiger partial charge is 0.124 e. The van der Waals surface area contributed by atoms with Crippen molar-refractivity contribution in [2.75, 3.05) is 0 Å². The zero-order valence-corrected chi connectivity index (χ0v) is 11.8. The molecule has 0 amide bonds. The molecule has 19 heavy (non-hydrogen) atoms. The fourth-order valence-electron chi connectivity index (χ4n) is 2.10. The molecule has 0 fully saturated rings. The molecular weight excluding hydrogens is 234 g/mol. The molecule has 0 aromatic heterocycles. The Hall–Kier alpha value is -1.80. The van der Waals surface area contributed by atoms with Gasteiger partial charge in [0.25, 0.3) is 0 Å². The third-order valence-electron chi connectivity index (χ3n) is 3.30. The number of ether oxygens (including phenoxy) is 1. The molecule has 2 nitrogen and oxygen atoms in total. The van der Waals surface area contributed by atoms with Gasteiger partial charge < -0.3 is 10.5 Å². The van der Waals surface area contributed by atoms with Gasteiger partial charge in [0.05, 0.1) is 0 Å². The summed E-state index contributed by atoms with van der Waals surface area (Å²) < 4.78 is 5.94. The van der Waals surface area contributed by atoms with Crippen molar-refractivity contribution < 1.29 is 4.74 Å². The summed E-state index contributed by atoms with van der Waals surface area (Å²) in [4.78, 5) is 0. The minimum absolute atomic E-state index is 0.0187. The summed E-state index contributed by atoms with van der Waals surface area (Å²) in [6.45, 7) is 6.76. The first-order valence-corrected chi connectivity index (χ1v) is 6.61. The van der Waals surface area contributed by atoms with Crippen molar-refractivity contribution in [3.63, 3.8) is 0 Å². The van der Waals surface area contributed by atoms with E-state index in [1.165, 1.54) is 16.7 Å². The van der Waals surface area contributed by atoms with Gasteiger partial charge in [0.15, 0.2) is 0 Å². The zero-order valence-electron chi connectivity index (χ0n) is 11.8. The molecule has 1 atom stereocenters. The maximum Gasteiger partial charge on any atom is 0.124 e. The molecule has 0 aliphatic heterocycles. The van der Waals surface area contributed by atoms with Crippen LogP contribution in [0.15, 0.2) is 42.5 Å². The third-order valence-corrected chi connectivity index (χ3v) is 3.30. The molecule has 2 aromatic carbocycles. The van der Waals surface area contributed by atoms with Gasteiger partial charge in [-0.15, -0.1) is 0 Å². The number of hydrogen-bond donors (Lipinski definition) is 1. The second-order valence-electron chi connectivity index (χ2n) is 5.05. The second-order valence-corrected chi connectivity index (χ2v) is 5.05. The summed E-state index contributed by atoms with van der Waals surface area (Å²) in [5.41, 5.74) is 10.7. The van der Waals surface area contributed by atoms with E-state index in [2.05, 4.69) is 32.0 Å². The first-order valence-electron chi connectivity index (χ1n) is 6.61. The molecule has 0 spiro atoms. The average Bonchev–Trinajstić information content (AvgIpc) is 2.40. The molecule has 0 heterocycles. The van der Waals surface area contributed by atoms with E-state index >= 15 is 0 Å². The Morgan fingerprint density at radius 3 is 2.58 bits per heavy atom. The van der Waals surface area contributed by atoms with Gasteiger partial charge in [-0.25, -0.2) is 0 Å². The number of aryl methyl sites for hydroxylation is 2. The van der Waals surface area contributed by atoms with Crippen LogP contribution < -0.4 is 10.5 Å². The van der Waals surface area contributed by atoms with E-state index in [1.807, 2.05) is 31.2 Å². The standard InChI is InChI=1S/C17H21NO/c1-12-8-9-13(2)15(10-12)11-19-17-7-5-4-6-16(17)14(3)18/h4-10,14H,11,18H2,1-3H3/t14-/m0/s1. The Morgan fingerprint density at radius 2 is 1.84 bits per heavy atom. The molecule has 2 aromatic rings. The summed E-state index contributed by atoms with van der Waals surface area (Å²) in [5.74, 6) is 0.874. The molecule has 0 aliphatic carbocycles. The van der Waals surface area contributed by atoms with Crippen molar-refractivity contribution in [3.8, 4) is 5.75 Å². The average molecular weight is 255 g/mol. The van der Waals surface area contributed by atoms with Crippen LogP contribution in [0.25, 0.3) is 0 Å². The Labute approximate surface area is 115 Å². The highest BCUT2D eigenvalue weighted by Crippen LogP contribution is 2.24. The summed E-state index contributed by atoms with van der Waals surface area (Å²) in [6.07, 6.45) is 0. The van der Waals surface area contributed by atoms with E-state index in [-0.39, 0.29) is 6.04 Å². The number of hydrogen-bond acceptors (Lipinski definition) is 2. The van der Waals surface area contributed by atoms with Gasteiger partial charge >= 0.3 is 0 Å². The predicted molar refractivity (Wildman–Crippen MR) is 79.3 cm³/mol. The van der Waals surface area contributed by atoms with Crippen LogP contribution in [0.5, 0.6) is 5.75 Å². The maximum atomic E-state index is 5.96. The number of nitrogens with two attached hydrogens (primary N) is 1. The molecule has 0 bridgehead atoms. The van der Waals surface area contributed by atoms with Gasteiger partial charge in [0, 0.05) is 11.6 Å². The lowest BCUT2D eigenvalue weighted by atomic mass is 10.1. The Bertz CT molecular complexity index is 561. The molecule has 0 radical (unpaired) electrons. The van der Waals surface area contributed by atoms with Crippen LogP contribution in [0.4, 0.5) is 0 Å². The molecule has 2 rings (SSSR count). The van der Waals surface area contributed by atoms with Crippen molar-refractivity contribution in [1.29, 1.82) is 0 Å². The molecule has 2 heteroatoms. The largest absolute Gasteiger partial charge is 0.489 e. The SMILES string of the molecule is Cc1ccc(C)c(COc2ccccc2[C@H](C)N)c1. The molecule has 0 saturated heterocycles. The summed E-state index contributed by atoms with van der Waals surface area (Å²) in [7, 11) is 0. The van der Waals surface area contributed by atoms with Crippen molar-refractivity contribution in [3.05, 3.63) is 64.7 Å². The monoisotopic (exact) mass is 255 g/mol. The van der Waals surface area contributed by atoms with Gasteiger partial charge in [-0.2, -0.15) is 0 Å². The summed E-state index contributed by atoms with van der Waals surface area (Å²) >= 11 is 0. The van der Waals surface area contributed by atoms with Gasteiger partial charge in [0.1, 0.15) is 12.4 Å². The van der Waals surface area contributed by atoms with Crippen LogP contribution in [-0.2, 0) is 6.61 Å². The van der Waals surface area contributed by atoms with E-state index in [0.717, 1.165) is 11.3 Å². The van der Waals surface area contributed by atoms with Crippen LogP contribution in [0.3, 0.4) is 0 Å². The molecule has 0 saturated carbocycles. The highest BCUT2D eigenvalue weighted by molar-refractivity contribution is 5.36. The molecular formula is C17H21NO. The van der Waals surface area contributed by atoms with E-state index in [9.17, 15) is 0 Å². The lowest BCUT2D eigenvalue weighted by molar-refractivity contribution is 0.300. The van der Waals surface area contributed by atoms with Gasteiger partial charge in [-0.1, -0.05) is 42.0 Å². The first kappa shape index (κ1) is 13.6. The summed E-state index contributed by atoms with van der Waals surface area (Å²) in [6, 6.07) is 14.4. The van der Waals surface area contributed by atoms with E-state index in [1.54, 1.807) is 0 Å². The molecule has 100 valence electrons. The van der Waals surface area contributed by atoms with Crippen LogP contribution in [-0.4, -0.2) is 0 Å². The Kier molecular flexibility index (Phi) is 4.23. The quantitative estimate of drug-likeness (QED) is 0.899. The van der Waals surface area contributed by atoms with E-state index in [0.29, 0.717) is 6.61 Å². The number of para-hydroxylation sites is 1. The van der Waals surface area contributed by atoms with Crippen LogP contribution in [0.1, 0.15) is 35.2 Å². The van der Waals surface area contributed by atoms with Crippen LogP contribution in [0, 0.1) is 13.8 Å². The highest BCUT2D eigenvalue weighted by Gasteiger charge is 2.08. The first-order chi connectivity index (χ1) is 9.08. The van der Waals surface area contributed by atoms with Crippen molar-refractivity contribution in [2.45, 2.75) is 33.4 Å². The lowest BCUT2D eigenvalue weighted by Crippen LogP contribution is -2.08. The zero-order chi connectivity index (χ0) is 13.8. The Balaban J connectivity index is 2.17. The van der Waals surface area contributed by atoms with Gasteiger partial charge in [-0.05, 0) is 38.0 Å². The second kappa shape index (κ2) is 5.89. The maximum absolute atomic E-state index is 5.96. The van der Waals surface area contributed by atoms with Gasteiger partial charge in [0.2, 0.25) is 0 Å². The van der Waals surface area contributed by atoms with Crippen molar-refractivity contribution in [1.82, 2.24) is 0 Å². The van der Waals surface area contributed by atoms with E-state index < -0.39 is 0 Å². The lowest BCUT2D eigenvalue weighted by Gasteiger charge is -2.15. The minimum Gasteiger partial charge on any atom is -0.489 e. The Morgan fingerprint density at radius 1 is 1.11 bits per heavy atom. The van der Waals surface area contributed by atoms with Crippen molar-refractivity contribution >= 4 is 0 Å². The van der Waals surface area contributed by atoms with Crippen molar-refractivity contribution in [2.24, 2.45) is 5.73 Å². The normalized spacial score (nSPS) is 12.2. The van der Waals surface area contributed by atoms with Crippen LogP contribution in [0.2, 0.25) is 0 Å². The number of rotatable bonds is 4. The number of benzene rings is 2. The minimum atomic E-state index is -0.0187. The topological polar surface area (TPSA) is 35.2 Å².